The van der Waals surface area contributed by atoms with Gasteiger partial charge in [-0.2, -0.15) is 0 Å². The van der Waals surface area contributed by atoms with Crippen LogP contribution >= 0.6 is 12.2 Å². The van der Waals surface area contributed by atoms with Crippen LogP contribution in [0.1, 0.15) is 5.56 Å². The fraction of sp³-hybridized carbons (Fsp3) is 0.533. The molecule has 1 aromatic heterocycles. The van der Waals surface area contributed by atoms with E-state index in [4.69, 9.17) is 12.2 Å². The van der Waals surface area contributed by atoms with E-state index in [9.17, 15) is 0 Å². The molecular weight excluding hydrogens is 268 g/mol. The molecular formula is C15H22N4S. The molecule has 108 valence electrons. The zero-order valence-electron chi connectivity index (χ0n) is 12.4. The van der Waals surface area contributed by atoms with E-state index in [2.05, 4.69) is 58.6 Å². The molecule has 1 fully saturated rings. The minimum Gasteiger partial charge on any atom is -0.330 e. The number of piperazine rings is 1. The van der Waals surface area contributed by atoms with Crippen LogP contribution in [0, 0.1) is 11.7 Å². The van der Waals surface area contributed by atoms with Gasteiger partial charge in [0, 0.05) is 32.2 Å². The monoisotopic (exact) mass is 290 g/mol. The van der Waals surface area contributed by atoms with Crippen LogP contribution < -0.4 is 0 Å². The van der Waals surface area contributed by atoms with Gasteiger partial charge in [-0.15, -0.1) is 0 Å². The summed E-state index contributed by atoms with van der Waals surface area (Å²) in [6.45, 7) is 6.43. The largest absolute Gasteiger partial charge is 0.330 e. The first-order valence-electron chi connectivity index (χ1n) is 7.13. The fourth-order valence-electron chi connectivity index (χ4n) is 3.01. The third kappa shape index (κ3) is 2.41. The molecule has 5 heteroatoms. The highest BCUT2D eigenvalue weighted by Gasteiger charge is 2.23. The van der Waals surface area contributed by atoms with Crippen LogP contribution in [0.5, 0.6) is 0 Å². The van der Waals surface area contributed by atoms with Gasteiger partial charge in [-0.1, -0.05) is 12.1 Å². The molecule has 1 unspecified atom stereocenters. The molecule has 0 bridgehead atoms. The molecule has 1 N–H and O–H groups in total. The van der Waals surface area contributed by atoms with Crippen molar-refractivity contribution in [2.75, 3.05) is 33.7 Å². The second kappa shape index (κ2) is 5.31. The normalized spacial score (nSPS) is 21.6. The summed E-state index contributed by atoms with van der Waals surface area (Å²) in [6.07, 6.45) is 0. The lowest BCUT2D eigenvalue weighted by Crippen LogP contribution is -2.51. The first kappa shape index (κ1) is 13.8. The van der Waals surface area contributed by atoms with Crippen molar-refractivity contribution in [1.82, 2.24) is 19.4 Å². The van der Waals surface area contributed by atoms with E-state index in [0.717, 1.165) is 31.0 Å². The Morgan fingerprint density at radius 2 is 2.10 bits per heavy atom. The van der Waals surface area contributed by atoms with Crippen LogP contribution in [0.2, 0.25) is 0 Å². The van der Waals surface area contributed by atoms with E-state index in [0.29, 0.717) is 6.04 Å². The quantitative estimate of drug-likeness (QED) is 0.860. The summed E-state index contributed by atoms with van der Waals surface area (Å²) < 4.78 is 3.08. The number of H-pyrrole nitrogens is 1. The minimum atomic E-state index is 0.514. The van der Waals surface area contributed by atoms with Gasteiger partial charge in [0.25, 0.3) is 0 Å². The van der Waals surface area contributed by atoms with Crippen LogP contribution in [-0.2, 0) is 6.54 Å². The lowest BCUT2D eigenvalue weighted by Gasteiger charge is -2.37. The molecule has 3 rings (SSSR count). The number of fused-ring (bicyclic) bond motifs is 1. The first-order chi connectivity index (χ1) is 9.56. The summed E-state index contributed by atoms with van der Waals surface area (Å²) in [6, 6.07) is 6.90. The zero-order valence-corrected chi connectivity index (χ0v) is 13.2. The van der Waals surface area contributed by atoms with Gasteiger partial charge < -0.3 is 14.5 Å². The second-order valence-electron chi connectivity index (χ2n) is 5.91. The fourth-order valence-corrected chi connectivity index (χ4v) is 3.29. The van der Waals surface area contributed by atoms with Crippen LogP contribution in [0.25, 0.3) is 11.0 Å². The van der Waals surface area contributed by atoms with Gasteiger partial charge in [0.15, 0.2) is 4.77 Å². The summed E-state index contributed by atoms with van der Waals surface area (Å²) >= 11 is 5.52. The van der Waals surface area contributed by atoms with Crippen molar-refractivity contribution in [2.45, 2.75) is 19.5 Å². The number of aryl methyl sites for hydroxylation is 1. The Bertz CT molecular complexity index is 672. The second-order valence-corrected chi connectivity index (χ2v) is 6.29. The highest BCUT2D eigenvalue weighted by molar-refractivity contribution is 7.71. The number of para-hydroxylation sites is 1. The maximum atomic E-state index is 5.52. The first-order valence-corrected chi connectivity index (χ1v) is 7.54. The molecule has 1 aliphatic rings. The van der Waals surface area contributed by atoms with Gasteiger partial charge >= 0.3 is 0 Å². The summed E-state index contributed by atoms with van der Waals surface area (Å²) in [4.78, 5) is 8.19. The molecule has 0 amide bonds. The van der Waals surface area contributed by atoms with Crippen LogP contribution in [-0.4, -0.2) is 59.1 Å². The molecule has 1 aromatic carbocycles. The van der Waals surface area contributed by atoms with Crippen molar-refractivity contribution in [2.24, 2.45) is 0 Å². The highest BCUT2D eigenvalue weighted by atomic mass is 32.1. The predicted molar refractivity (Wildman–Crippen MR) is 85.8 cm³/mol. The molecule has 0 saturated carbocycles. The van der Waals surface area contributed by atoms with Crippen molar-refractivity contribution in [1.29, 1.82) is 0 Å². The Labute approximate surface area is 125 Å². The van der Waals surface area contributed by atoms with Crippen molar-refractivity contribution in [3.8, 4) is 0 Å². The number of imidazole rings is 1. The molecule has 2 heterocycles. The van der Waals surface area contributed by atoms with Crippen molar-refractivity contribution < 1.29 is 0 Å². The summed E-state index contributed by atoms with van der Waals surface area (Å²) in [7, 11) is 4.40. The lowest BCUT2D eigenvalue weighted by atomic mass is 10.1. The Morgan fingerprint density at radius 1 is 1.30 bits per heavy atom. The Kier molecular flexibility index (Phi) is 3.67. The van der Waals surface area contributed by atoms with E-state index in [1.54, 1.807) is 0 Å². The van der Waals surface area contributed by atoms with Crippen molar-refractivity contribution >= 4 is 23.3 Å². The average molecular weight is 290 g/mol. The minimum absolute atomic E-state index is 0.514. The molecule has 0 radical (unpaired) electrons. The number of aromatic amines is 1. The zero-order chi connectivity index (χ0) is 14.3. The molecule has 0 aliphatic carbocycles. The van der Waals surface area contributed by atoms with Gasteiger partial charge in [0.1, 0.15) is 0 Å². The van der Waals surface area contributed by atoms with Crippen molar-refractivity contribution in [3.05, 3.63) is 28.5 Å². The Morgan fingerprint density at radius 3 is 2.90 bits per heavy atom. The van der Waals surface area contributed by atoms with Gasteiger partial charge in [0.2, 0.25) is 0 Å². The van der Waals surface area contributed by atoms with Crippen LogP contribution in [0.4, 0.5) is 0 Å². The number of nitrogens with zero attached hydrogens (tertiary/aromatic N) is 3. The molecule has 2 aromatic rings. The maximum Gasteiger partial charge on any atom is 0.178 e. The number of hydrogen-bond donors (Lipinski definition) is 1. The van der Waals surface area contributed by atoms with E-state index in [-0.39, 0.29) is 0 Å². The Balaban J connectivity index is 1.96. The summed E-state index contributed by atoms with van der Waals surface area (Å²) in [5, 5.41) is 0. The van der Waals surface area contributed by atoms with Gasteiger partial charge in [0.05, 0.1) is 11.0 Å². The SMILES string of the molecule is Cc1cccc2c1[nH]c(=S)n2CC1CN(C)CCN1C. The number of likely N-dealkylation sites (N-methyl/N-ethyl adjacent to an activating group) is 2. The maximum absolute atomic E-state index is 5.52. The van der Waals surface area contributed by atoms with Crippen LogP contribution in [0.3, 0.4) is 0 Å². The molecule has 0 spiro atoms. The van der Waals surface area contributed by atoms with E-state index in [1.165, 1.54) is 16.6 Å². The molecule has 20 heavy (non-hydrogen) atoms. The molecule has 1 aliphatic heterocycles. The number of benzene rings is 1. The Hall–Kier alpha value is -1.17. The smallest absolute Gasteiger partial charge is 0.178 e. The number of aromatic nitrogens is 2. The predicted octanol–water partition coefficient (Wildman–Crippen LogP) is 2.25. The number of nitrogens with one attached hydrogen (secondary N) is 1. The topological polar surface area (TPSA) is 27.2 Å². The average Bonchev–Trinajstić information content (AvgIpc) is 2.73. The standard InChI is InChI=1S/C15H22N4S/c1-11-5-4-6-13-14(11)16-15(20)19(13)10-12-9-17(2)7-8-18(12)3/h4-6,12H,7-10H2,1-3H3,(H,16,20). The van der Waals surface area contributed by atoms with E-state index < -0.39 is 0 Å². The van der Waals surface area contributed by atoms with Crippen LogP contribution in [0.15, 0.2) is 18.2 Å². The van der Waals surface area contributed by atoms with E-state index in [1.807, 2.05) is 0 Å². The highest BCUT2D eigenvalue weighted by Crippen LogP contribution is 2.19. The number of rotatable bonds is 2. The summed E-state index contributed by atoms with van der Waals surface area (Å²) in [5.41, 5.74) is 3.64. The molecule has 4 nitrogen and oxygen atoms in total. The summed E-state index contributed by atoms with van der Waals surface area (Å²) in [5.74, 6) is 0. The lowest BCUT2D eigenvalue weighted by molar-refractivity contribution is 0.103. The third-order valence-corrected chi connectivity index (χ3v) is 4.71. The molecule has 1 saturated heterocycles. The third-order valence-electron chi connectivity index (χ3n) is 4.39. The van der Waals surface area contributed by atoms with Crippen molar-refractivity contribution in [3.63, 3.8) is 0 Å². The van der Waals surface area contributed by atoms with Gasteiger partial charge in [-0.05, 0) is 44.9 Å². The van der Waals surface area contributed by atoms with Gasteiger partial charge in [-0.25, -0.2) is 0 Å². The van der Waals surface area contributed by atoms with E-state index >= 15 is 0 Å². The molecule has 1 atom stereocenters. The number of hydrogen-bond acceptors (Lipinski definition) is 3. The van der Waals surface area contributed by atoms with Gasteiger partial charge in [-0.3, -0.25) is 4.90 Å².